The summed E-state index contributed by atoms with van der Waals surface area (Å²) in [5, 5.41) is 9.09. The van der Waals surface area contributed by atoms with E-state index >= 15 is 0 Å². The Morgan fingerprint density at radius 1 is 1.69 bits per heavy atom. The third kappa shape index (κ3) is 1.39. The topological polar surface area (TPSA) is 63.3 Å². The quantitative estimate of drug-likeness (QED) is 0.742. The summed E-state index contributed by atoms with van der Waals surface area (Å²) in [4.78, 5) is 11.1. The highest BCUT2D eigenvalue weighted by Crippen LogP contribution is 2.42. The van der Waals surface area contributed by atoms with E-state index < -0.39 is 11.4 Å². The minimum absolute atomic E-state index is 0.130. The molecule has 2 unspecified atom stereocenters. The van der Waals surface area contributed by atoms with Crippen molar-refractivity contribution in [3.63, 3.8) is 0 Å². The van der Waals surface area contributed by atoms with E-state index in [0.717, 1.165) is 4.48 Å². The van der Waals surface area contributed by atoms with Crippen LogP contribution < -0.4 is 5.73 Å². The van der Waals surface area contributed by atoms with E-state index in [-0.39, 0.29) is 5.92 Å². The summed E-state index contributed by atoms with van der Waals surface area (Å²) in [6.45, 7) is 3.48. The molecule has 1 rings (SSSR count). The van der Waals surface area contributed by atoms with Crippen LogP contribution in [-0.4, -0.2) is 11.1 Å². The van der Waals surface area contributed by atoms with Crippen LogP contribution in [0.15, 0.2) is 22.3 Å². The van der Waals surface area contributed by atoms with Gasteiger partial charge in [0.15, 0.2) is 0 Å². The van der Waals surface area contributed by atoms with Gasteiger partial charge in [0, 0.05) is 11.6 Å². The number of aliphatic carboxylic acids is 1. The molecule has 4 heteroatoms. The first-order valence-electron chi connectivity index (χ1n) is 3.97. The third-order valence-corrected chi connectivity index (χ3v) is 3.70. The van der Waals surface area contributed by atoms with Gasteiger partial charge in [0.1, 0.15) is 5.41 Å². The number of hydrogen-bond donors (Lipinski definition) is 2. The first-order valence-corrected chi connectivity index (χ1v) is 4.76. The van der Waals surface area contributed by atoms with Crippen LogP contribution in [-0.2, 0) is 4.79 Å². The Hall–Kier alpha value is -0.770. The van der Waals surface area contributed by atoms with Crippen molar-refractivity contribution >= 4 is 21.9 Å². The molecular formula is C9H12BrNO2. The van der Waals surface area contributed by atoms with Crippen LogP contribution in [0.25, 0.3) is 0 Å². The van der Waals surface area contributed by atoms with Gasteiger partial charge in [-0.2, -0.15) is 0 Å². The highest BCUT2D eigenvalue weighted by atomic mass is 79.9. The molecule has 2 atom stereocenters. The Kier molecular flexibility index (Phi) is 2.52. The number of hydrogen-bond acceptors (Lipinski definition) is 2. The second-order valence-electron chi connectivity index (χ2n) is 3.40. The molecule has 3 N–H and O–H groups in total. The van der Waals surface area contributed by atoms with Crippen molar-refractivity contribution in [2.45, 2.75) is 13.8 Å². The zero-order valence-corrected chi connectivity index (χ0v) is 9.13. The Morgan fingerprint density at radius 3 is 2.62 bits per heavy atom. The number of carboxylic acids is 1. The fourth-order valence-corrected chi connectivity index (χ4v) is 1.91. The Balaban J connectivity index is 3.19. The molecular weight excluding hydrogens is 234 g/mol. The average Bonchev–Trinajstić information content (AvgIpc) is 2.08. The van der Waals surface area contributed by atoms with Gasteiger partial charge in [0.25, 0.3) is 0 Å². The molecule has 0 aromatic rings. The molecule has 13 heavy (non-hydrogen) atoms. The summed E-state index contributed by atoms with van der Waals surface area (Å²) in [5.41, 5.74) is 5.09. The summed E-state index contributed by atoms with van der Waals surface area (Å²) >= 11 is 3.32. The molecule has 1 aliphatic carbocycles. The summed E-state index contributed by atoms with van der Waals surface area (Å²) in [6, 6.07) is 0. The zero-order valence-electron chi connectivity index (χ0n) is 7.54. The van der Waals surface area contributed by atoms with Gasteiger partial charge in [-0.25, -0.2) is 0 Å². The fourth-order valence-electron chi connectivity index (χ4n) is 1.32. The number of halogens is 1. The molecule has 0 aromatic carbocycles. The maximum Gasteiger partial charge on any atom is 0.315 e. The molecule has 0 amide bonds. The van der Waals surface area contributed by atoms with Gasteiger partial charge in [0.05, 0.1) is 0 Å². The monoisotopic (exact) mass is 245 g/mol. The van der Waals surface area contributed by atoms with Crippen molar-refractivity contribution in [2.75, 3.05) is 0 Å². The molecule has 0 spiro atoms. The van der Waals surface area contributed by atoms with E-state index in [1.54, 1.807) is 19.1 Å². The minimum atomic E-state index is -0.992. The summed E-state index contributed by atoms with van der Waals surface area (Å²) < 4.78 is 0.867. The first-order chi connectivity index (χ1) is 5.90. The second kappa shape index (κ2) is 3.18. The molecule has 72 valence electrons. The van der Waals surface area contributed by atoms with Crippen LogP contribution in [0.3, 0.4) is 0 Å². The van der Waals surface area contributed by atoms with Crippen LogP contribution in [0.2, 0.25) is 0 Å². The lowest BCUT2D eigenvalue weighted by molar-refractivity contribution is -0.147. The van der Waals surface area contributed by atoms with Gasteiger partial charge < -0.3 is 10.8 Å². The van der Waals surface area contributed by atoms with Crippen LogP contribution in [0.4, 0.5) is 0 Å². The summed E-state index contributed by atoms with van der Waals surface area (Å²) in [6.07, 6.45) is 3.43. The molecule has 0 heterocycles. The summed E-state index contributed by atoms with van der Waals surface area (Å²) in [7, 11) is 0. The van der Waals surface area contributed by atoms with E-state index in [9.17, 15) is 4.79 Å². The predicted molar refractivity (Wildman–Crippen MR) is 54.2 cm³/mol. The predicted octanol–water partition coefficient (Wildman–Crippen LogP) is 1.85. The van der Waals surface area contributed by atoms with E-state index in [0.29, 0.717) is 5.70 Å². The third-order valence-electron chi connectivity index (χ3n) is 2.75. The van der Waals surface area contributed by atoms with Gasteiger partial charge in [-0.3, -0.25) is 4.79 Å². The Bertz CT molecular complexity index is 309. The lowest BCUT2D eigenvalue weighted by atomic mass is 9.73. The maximum absolute atomic E-state index is 11.1. The SMILES string of the molecule is CC1C(Br)=CC=C(N)C1(C)C(=O)O. The lowest BCUT2D eigenvalue weighted by Gasteiger charge is -2.34. The smallest absolute Gasteiger partial charge is 0.315 e. The largest absolute Gasteiger partial charge is 0.481 e. The molecule has 0 fully saturated rings. The standard InChI is InChI=1S/C9H12BrNO2/c1-5-6(10)3-4-7(11)9(5,2)8(12)13/h3-5H,11H2,1-2H3,(H,12,13). The van der Waals surface area contributed by atoms with Crippen LogP contribution in [0.5, 0.6) is 0 Å². The Labute approximate surface area is 85.4 Å². The van der Waals surface area contributed by atoms with Crippen LogP contribution in [0.1, 0.15) is 13.8 Å². The lowest BCUT2D eigenvalue weighted by Crippen LogP contribution is -2.41. The highest BCUT2D eigenvalue weighted by Gasteiger charge is 2.44. The van der Waals surface area contributed by atoms with Gasteiger partial charge >= 0.3 is 5.97 Å². The van der Waals surface area contributed by atoms with Crippen LogP contribution in [0, 0.1) is 11.3 Å². The van der Waals surface area contributed by atoms with Crippen molar-refractivity contribution < 1.29 is 9.90 Å². The van der Waals surface area contributed by atoms with Crippen molar-refractivity contribution in [2.24, 2.45) is 17.1 Å². The van der Waals surface area contributed by atoms with Crippen molar-refractivity contribution in [1.82, 2.24) is 0 Å². The van der Waals surface area contributed by atoms with Crippen molar-refractivity contribution in [3.05, 3.63) is 22.3 Å². The molecule has 3 nitrogen and oxygen atoms in total. The number of nitrogens with two attached hydrogens (primary N) is 1. The van der Waals surface area contributed by atoms with E-state index in [1.807, 2.05) is 6.92 Å². The highest BCUT2D eigenvalue weighted by molar-refractivity contribution is 9.11. The summed E-state index contributed by atoms with van der Waals surface area (Å²) in [5.74, 6) is -1.02. The molecule has 0 saturated carbocycles. The number of carboxylic acid groups (broad SMARTS) is 1. The Morgan fingerprint density at radius 2 is 2.23 bits per heavy atom. The second-order valence-corrected chi connectivity index (χ2v) is 4.32. The van der Waals surface area contributed by atoms with E-state index in [4.69, 9.17) is 10.8 Å². The minimum Gasteiger partial charge on any atom is -0.481 e. The van der Waals surface area contributed by atoms with Gasteiger partial charge in [-0.1, -0.05) is 28.9 Å². The first kappa shape index (κ1) is 10.3. The molecule has 0 radical (unpaired) electrons. The number of rotatable bonds is 1. The fraction of sp³-hybridized carbons (Fsp3) is 0.444. The number of allylic oxidation sites excluding steroid dienone is 3. The molecule has 0 saturated heterocycles. The van der Waals surface area contributed by atoms with E-state index in [1.165, 1.54) is 0 Å². The van der Waals surface area contributed by atoms with Crippen molar-refractivity contribution in [1.29, 1.82) is 0 Å². The normalized spacial score (nSPS) is 33.6. The molecule has 0 aliphatic heterocycles. The van der Waals surface area contributed by atoms with Crippen molar-refractivity contribution in [3.8, 4) is 0 Å². The van der Waals surface area contributed by atoms with Crippen LogP contribution >= 0.6 is 15.9 Å². The molecule has 1 aliphatic rings. The molecule has 0 aromatic heterocycles. The molecule has 0 bridgehead atoms. The zero-order chi connectivity index (χ0) is 10.2. The maximum atomic E-state index is 11.1. The van der Waals surface area contributed by atoms with E-state index in [2.05, 4.69) is 15.9 Å². The number of carbonyl (C=O) groups is 1. The van der Waals surface area contributed by atoms with Gasteiger partial charge in [0.2, 0.25) is 0 Å². The average molecular weight is 246 g/mol. The van der Waals surface area contributed by atoms with Gasteiger partial charge in [-0.15, -0.1) is 0 Å². The van der Waals surface area contributed by atoms with Gasteiger partial charge in [-0.05, 0) is 17.5 Å².